The third kappa shape index (κ3) is 3.99. The maximum absolute atomic E-state index is 14.6. The number of hydrogen-bond acceptors (Lipinski definition) is 2. The van der Waals surface area contributed by atoms with E-state index in [1.807, 2.05) is 68.4 Å². The van der Waals surface area contributed by atoms with Crippen molar-refractivity contribution >= 4 is 23.3 Å². The van der Waals surface area contributed by atoms with Gasteiger partial charge in [-0.25, -0.2) is 0 Å². The first-order valence-electron chi connectivity index (χ1n) is 10.8. The summed E-state index contributed by atoms with van der Waals surface area (Å²) in [5, 5.41) is 1.14. The van der Waals surface area contributed by atoms with Gasteiger partial charge in [-0.05, 0) is 55.0 Å². The van der Waals surface area contributed by atoms with Crippen LogP contribution in [0.2, 0.25) is 0 Å². The molecule has 0 amide bonds. The smallest absolute Gasteiger partial charge is 0.230 e. The van der Waals surface area contributed by atoms with Gasteiger partial charge in [-0.3, -0.25) is 4.79 Å². The first-order valence-corrected chi connectivity index (χ1v) is 12.5. The topological polar surface area (TPSA) is 34.1 Å². The molecule has 3 heteroatoms. The predicted molar refractivity (Wildman–Crippen MR) is 134 cm³/mol. The van der Waals surface area contributed by atoms with E-state index >= 15 is 0 Å². The Balaban J connectivity index is 1.90. The van der Waals surface area contributed by atoms with E-state index in [1.165, 1.54) is 5.56 Å². The standard InChI is InChI=1S/C29H27O2P/c1-21-19-22(2)28(23(3)27(21)20-24-13-7-4-8-14-24)29(30)32(31,25-15-9-5-10-16-25)26-17-11-6-12-18-26/h4-19H,20H2,1-3H3. The molecule has 2 nitrogen and oxygen atoms in total. The molecule has 160 valence electrons. The second kappa shape index (κ2) is 9.10. The molecule has 0 aromatic heterocycles. The molecule has 0 unspecified atom stereocenters. The number of rotatable bonds is 6. The zero-order valence-electron chi connectivity index (χ0n) is 18.7. The van der Waals surface area contributed by atoms with E-state index in [0.717, 1.165) is 28.7 Å². The Hall–Kier alpha value is -3.22. The van der Waals surface area contributed by atoms with E-state index in [4.69, 9.17) is 0 Å². The molecule has 0 atom stereocenters. The van der Waals surface area contributed by atoms with E-state index in [-0.39, 0.29) is 5.52 Å². The van der Waals surface area contributed by atoms with Gasteiger partial charge in [0.15, 0.2) is 0 Å². The molecule has 32 heavy (non-hydrogen) atoms. The van der Waals surface area contributed by atoms with Crippen molar-refractivity contribution in [3.63, 3.8) is 0 Å². The molecular weight excluding hydrogens is 411 g/mol. The van der Waals surface area contributed by atoms with Gasteiger partial charge in [0.05, 0.1) is 0 Å². The second-order valence-electron chi connectivity index (χ2n) is 8.24. The molecule has 0 aliphatic heterocycles. The molecular formula is C29H27O2P. The first-order chi connectivity index (χ1) is 15.4. The van der Waals surface area contributed by atoms with Crippen LogP contribution in [0.1, 0.15) is 38.2 Å². The Labute approximate surface area is 190 Å². The van der Waals surface area contributed by atoms with Gasteiger partial charge in [-0.2, -0.15) is 0 Å². The quantitative estimate of drug-likeness (QED) is 0.329. The SMILES string of the molecule is Cc1cc(C)c(C(=O)P(=O)(c2ccccc2)c2ccccc2)c(C)c1Cc1ccccc1. The van der Waals surface area contributed by atoms with E-state index in [2.05, 4.69) is 25.1 Å². The normalized spacial score (nSPS) is 11.3. The van der Waals surface area contributed by atoms with Crippen LogP contribution in [0.15, 0.2) is 97.1 Å². The van der Waals surface area contributed by atoms with Gasteiger partial charge >= 0.3 is 0 Å². The Morgan fingerprint density at radius 1 is 0.688 bits per heavy atom. The minimum absolute atomic E-state index is 0.292. The average molecular weight is 439 g/mol. The molecule has 4 rings (SSSR count). The van der Waals surface area contributed by atoms with E-state index < -0.39 is 7.14 Å². The van der Waals surface area contributed by atoms with Gasteiger partial charge in [-0.15, -0.1) is 0 Å². The number of carbonyl (C=O) groups excluding carboxylic acids is 1. The van der Waals surface area contributed by atoms with Crippen LogP contribution in [0.3, 0.4) is 0 Å². The van der Waals surface area contributed by atoms with Crippen molar-refractivity contribution in [2.75, 3.05) is 0 Å². The fraction of sp³-hybridized carbons (Fsp3) is 0.138. The van der Waals surface area contributed by atoms with Gasteiger partial charge < -0.3 is 4.57 Å². The zero-order chi connectivity index (χ0) is 22.7. The van der Waals surface area contributed by atoms with Crippen LogP contribution in [0.25, 0.3) is 0 Å². The van der Waals surface area contributed by atoms with Gasteiger partial charge in [0.2, 0.25) is 12.7 Å². The summed E-state index contributed by atoms with van der Waals surface area (Å²) in [5.41, 5.74) is 5.54. The highest BCUT2D eigenvalue weighted by Crippen LogP contribution is 2.48. The second-order valence-corrected chi connectivity index (χ2v) is 10.9. The van der Waals surface area contributed by atoms with Crippen LogP contribution in [0, 0.1) is 20.8 Å². The highest BCUT2D eigenvalue weighted by atomic mass is 31.2. The number of benzene rings is 4. The third-order valence-electron chi connectivity index (χ3n) is 6.09. The van der Waals surface area contributed by atoms with Crippen molar-refractivity contribution in [2.45, 2.75) is 27.2 Å². The number of aryl methyl sites for hydroxylation is 2. The van der Waals surface area contributed by atoms with Gasteiger partial charge in [0, 0.05) is 16.2 Å². The highest BCUT2D eigenvalue weighted by Gasteiger charge is 2.38. The summed E-state index contributed by atoms with van der Waals surface area (Å²) < 4.78 is 14.6. The molecule has 4 aromatic rings. The van der Waals surface area contributed by atoms with E-state index in [0.29, 0.717) is 16.2 Å². The number of hydrogen-bond donors (Lipinski definition) is 0. The zero-order valence-corrected chi connectivity index (χ0v) is 19.6. The molecule has 0 saturated heterocycles. The van der Waals surface area contributed by atoms with Crippen LogP contribution in [0.5, 0.6) is 0 Å². The summed E-state index contributed by atoms with van der Waals surface area (Å²) in [7, 11) is -3.55. The van der Waals surface area contributed by atoms with Crippen LogP contribution in [-0.4, -0.2) is 5.52 Å². The minimum atomic E-state index is -3.55. The average Bonchev–Trinajstić information content (AvgIpc) is 2.83. The van der Waals surface area contributed by atoms with Crippen molar-refractivity contribution in [2.24, 2.45) is 0 Å². The minimum Gasteiger partial charge on any atom is -0.305 e. The van der Waals surface area contributed by atoms with Crippen LogP contribution in [-0.2, 0) is 11.0 Å². The fourth-order valence-corrected chi connectivity index (χ4v) is 7.05. The molecule has 0 N–H and O–H groups in total. The van der Waals surface area contributed by atoms with Crippen molar-refractivity contribution in [3.05, 3.63) is 130 Å². The summed E-state index contributed by atoms with van der Waals surface area (Å²) in [4.78, 5) is 14.2. The highest BCUT2D eigenvalue weighted by molar-refractivity contribution is 7.93. The lowest BCUT2D eigenvalue weighted by Crippen LogP contribution is -2.24. The maximum Gasteiger partial charge on any atom is 0.230 e. The van der Waals surface area contributed by atoms with E-state index in [1.54, 1.807) is 24.3 Å². The summed E-state index contributed by atoms with van der Waals surface area (Å²) in [6, 6.07) is 30.6. The number of carbonyl (C=O) groups is 1. The largest absolute Gasteiger partial charge is 0.305 e. The summed E-state index contributed by atoms with van der Waals surface area (Å²) in [5.74, 6) is 0. The molecule has 0 bridgehead atoms. The lowest BCUT2D eigenvalue weighted by atomic mass is 9.90. The molecule has 4 aromatic carbocycles. The summed E-state index contributed by atoms with van der Waals surface area (Å²) in [6.45, 7) is 6.02. The van der Waals surface area contributed by atoms with Crippen molar-refractivity contribution < 1.29 is 9.36 Å². The van der Waals surface area contributed by atoms with Gasteiger partial charge in [0.1, 0.15) is 0 Å². The molecule has 0 heterocycles. The fourth-order valence-electron chi connectivity index (χ4n) is 4.44. The molecule has 0 saturated carbocycles. The summed E-state index contributed by atoms with van der Waals surface area (Å²) >= 11 is 0. The molecule has 0 aliphatic carbocycles. The van der Waals surface area contributed by atoms with Crippen LogP contribution < -0.4 is 10.6 Å². The maximum atomic E-state index is 14.6. The van der Waals surface area contributed by atoms with Crippen molar-refractivity contribution in [1.82, 2.24) is 0 Å². The Bertz CT molecular complexity index is 1250. The Morgan fingerprint density at radius 2 is 1.16 bits per heavy atom. The van der Waals surface area contributed by atoms with Crippen LogP contribution in [0.4, 0.5) is 0 Å². The van der Waals surface area contributed by atoms with Crippen molar-refractivity contribution in [3.8, 4) is 0 Å². The van der Waals surface area contributed by atoms with Crippen molar-refractivity contribution in [1.29, 1.82) is 0 Å². The molecule has 0 fully saturated rings. The third-order valence-corrected chi connectivity index (χ3v) is 8.94. The lowest BCUT2D eigenvalue weighted by molar-refractivity contribution is 0.107. The lowest BCUT2D eigenvalue weighted by Gasteiger charge is -2.22. The van der Waals surface area contributed by atoms with E-state index in [9.17, 15) is 9.36 Å². The Kier molecular flexibility index (Phi) is 6.26. The molecule has 0 spiro atoms. The Morgan fingerprint density at radius 3 is 1.66 bits per heavy atom. The van der Waals surface area contributed by atoms with Gasteiger partial charge in [-0.1, -0.05) is 97.1 Å². The summed E-state index contributed by atoms with van der Waals surface area (Å²) in [6.07, 6.45) is 0.736. The molecule has 0 aliphatic rings. The van der Waals surface area contributed by atoms with Crippen LogP contribution >= 0.6 is 7.14 Å². The predicted octanol–water partition coefficient (Wildman–Crippen LogP) is 6.36. The first kappa shape index (κ1) is 22.0. The molecule has 0 radical (unpaired) electrons. The monoisotopic (exact) mass is 438 g/mol. The van der Waals surface area contributed by atoms with Gasteiger partial charge in [0.25, 0.3) is 0 Å².